The molecule has 0 saturated carbocycles. The maximum absolute atomic E-state index is 11.4. The normalized spacial score (nSPS) is 11.2. The van der Waals surface area contributed by atoms with Crippen LogP contribution in [0.3, 0.4) is 0 Å². The molecule has 2 N–H and O–H groups in total. The van der Waals surface area contributed by atoms with Crippen molar-refractivity contribution in [2.75, 3.05) is 5.32 Å². The zero-order chi connectivity index (χ0) is 14.8. The first kappa shape index (κ1) is 15.6. The van der Waals surface area contributed by atoms with Gasteiger partial charge in [0.05, 0.1) is 11.4 Å². The number of anilines is 1. The molecule has 19 heavy (non-hydrogen) atoms. The summed E-state index contributed by atoms with van der Waals surface area (Å²) in [5, 5.41) is 2.24. The molecule has 1 amide bonds. The van der Waals surface area contributed by atoms with Crippen molar-refractivity contribution in [3.63, 3.8) is 0 Å². The summed E-state index contributed by atoms with van der Waals surface area (Å²) in [6.07, 6.45) is -0.316. The molecular formula is C11H12ClNO5S. The minimum atomic E-state index is -4.50. The molecule has 0 radical (unpaired) electrons. The largest absolute Gasteiger partial charge is 0.325 e. The topological polar surface area (TPSA) is 101 Å². The smallest absolute Gasteiger partial charge is 0.296 e. The number of ketones is 1. The molecular weight excluding hydrogens is 294 g/mol. The predicted molar refractivity (Wildman–Crippen MR) is 69.9 cm³/mol. The van der Waals surface area contributed by atoms with Crippen LogP contribution < -0.4 is 5.32 Å². The third-order valence-electron chi connectivity index (χ3n) is 2.30. The number of amides is 1. The summed E-state index contributed by atoms with van der Waals surface area (Å²) in [6, 6.07) is 2.63. The molecule has 0 unspecified atom stereocenters. The van der Waals surface area contributed by atoms with Crippen molar-refractivity contribution in [2.24, 2.45) is 0 Å². The van der Waals surface area contributed by atoms with Crippen LogP contribution in [0.25, 0.3) is 0 Å². The third kappa shape index (κ3) is 4.02. The molecule has 1 aromatic rings. The number of carbonyl (C=O) groups is 2. The lowest BCUT2D eigenvalue weighted by molar-refractivity contribution is -0.124. The van der Waals surface area contributed by atoms with Gasteiger partial charge in [-0.1, -0.05) is 11.6 Å². The quantitative estimate of drug-likeness (QED) is 0.652. The van der Waals surface area contributed by atoms with E-state index in [1.54, 1.807) is 0 Å². The van der Waals surface area contributed by atoms with Crippen LogP contribution in [0.2, 0.25) is 5.02 Å². The fourth-order valence-electron chi connectivity index (χ4n) is 1.53. The number of hydrogen-bond donors (Lipinski definition) is 2. The van der Waals surface area contributed by atoms with E-state index in [1.807, 2.05) is 0 Å². The van der Waals surface area contributed by atoms with E-state index in [0.717, 1.165) is 0 Å². The average Bonchev–Trinajstić information content (AvgIpc) is 2.19. The monoisotopic (exact) mass is 305 g/mol. The number of carbonyl (C=O) groups excluding carboxylic acids is 2. The first-order valence-corrected chi connectivity index (χ1v) is 7.00. The highest BCUT2D eigenvalue weighted by Crippen LogP contribution is 2.30. The van der Waals surface area contributed by atoms with Crippen LogP contribution in [-0.4, -0.2) is 24.7 Å². The van der Waals surface area contributed by atoms with Gasteiger partial charge in [0.2, 0.25) is 5.91 Å². The number of benzene rings is 1. The molecule has 0 spiro atoms. The van der Waals surface area contributed by atoms with Crippen LogP contribution in [0.15, 0.2) is 17.0 Å². The van der Waals surface area contributed by atoms with E-state index in [9.17, 15) is 18.0 Å². The van der Waals surface area contributed by atoms with Crippen molar-refractivity contribution in [1.82, 2.24) is 0 Å². The lowest BCUT2D eigenvalue weighted by atomic mass is 10.2. The maximum atomic E-state index is 11.4. The van der Waals surface area contributed by atoms with E-state index in [4.69, 9.17) is 16.2 Å². The van der Waals surface area contributed by atoms with Crippen LogP contribution in [0.1, 0.15) is 18.9 Å². The summed E-state index contributed by atoms with van der Waals surface area (Å²) in [5.74, 6) is -0.890. The lowest BCUT2D eigenvalue weighted by Crippen LogP contribution is -2.16. The summed E-state index contributed by atoms with van der Waals surface area (Å²) in [6.45, 7) is 2.65. The van der Waals surface area contributed by atoms with E-state index >= 15 is 0 Å². The van der Waals surface area contributed by atoms with Gasteiger partial charge in [-0.3, -0.25) is 14.1 Å². The molecule has 0 fully saturated rings. The number of Topliss-reactive ketones (excluding diaryl/α,β-unsaturated/α-hetero) is 1. The van der Waals surface area contributed by atoms with Crippen LogP contribution in [0.5, 0.6) is 0 Å². The van der Waals surface area contributed by atoms with E-state index in [0.29, 0.717) is 0 Å². The Morgan fingerprint density at radius 2 is 1.95 bits per heavy atom. The van der Waals surface area contributed by atoms with Gasteiger partial charge in [-0.05, 0) is 31.5 Å². The molecule has 1 aromatic carbocycles. The van der Waals surface area contributed by atoms with Gasteiger partial charge in [0, 0.05) is 5.69 Å². The van der Waals surface area contributed by atoms with E-state index < -0.39 is 20.9 Å². The van der Waals surface area contributed by atoms with Crippen LogP contribution in [0, 0.1) is 6.92 Å². The molecule has 0 heterocycles. The zero-order valence-corrected chi connectivity index (χ0v) is 11.8. The molecule has 0 aliphatic carbocycles. The van der Waals surface area contributed by atoms with Gasteiger partial charge in [0.25, 0.3) is 10.1 Å². The number of hydrogen-bond acceptors (Lipinski definition) is 4. The number of nitrogens with one attached hydrogen (secondary N) is 1. The van der Waals surface area contributed by atoms with Crippen LogP contribution in [0.4, 0.5) is 5.69 Å². The van der Waals surface area contributed by atoms with Crippen molar-refractivity contribution < 1.29 is 22.6 Å². The SMILES string of the molecule is CC(=O)CC(=O)Nc1ccc(Cl)c(S(=O)(=O)O)c1C. The molecule has 8 heteroatoms. The molecule has 104 valence electrons. The van der Waals surface area contributed by atoms with Crippen LogP contribution in [-0.2, 0) is 19.7 Å². The van der Waals surface area contributed by atoms with Gasteiger partial charge < -0.3 is 5.32 Å². The maximum Gasteiger partial charge on any atom is 0.296 e. The lowest BCUT2D eigenvalue weighted by Gasteiger charge is -2.12. The van der Waals surface area contributed by atoms with Crippen molar-refractivity contribution in [3.05, 3.63) is 22.7 Å². The number of halogens is 1. The highest BCUT2D eigenvalue weighted by molar-refractivity contribution is 7.86. The first-order valence-electron chi connectivity index (χ1n) is 5.19. The van der Waals surface area contributed by atoms with Gasteiger partial charge in [-0.2, -0.15) is 8.42 Å². The summed E-state index contributed by atoms with van der Waals surface area (Å²) >= 11 is 5.70. The van der Waals surface area contributed by atoms with Gasteiger partial charge in [0.15, 0.2) is 0 Å². The fourth-order valence-corrected chi connectivity index (χ4v) is 2.84. The summed E-state index contributed by atoms with van der Waals surface area (Å²) in [5.41, 5.74) is 0.273. The molecule has 0 saturated heterocycles. The second kappa shape index (κ2) is 5.68. The predicted octanol–water partition coefficient (Wildman–Crippen LogP) is 1.81. The minimum absolute atomic E-state index is 0.104. The summed E-state index contributed by atoms with van der Waals surface area (Å²) < 4.78 is 31.5. The minimum Gasteiger partial charge on any atom is -0.325 e. The molecule has 0 aromatic heterocycles. The molecule has 0 atom stereocenters. The average molecular weight is 306 g/mol. The van der Waals surface area contributed by atoms with Crippen molar-refractivity contribution >= 4 is 39.1 Å². The standard InChI is InChI=1S/C11H12ClNO5S/c1-6(14)5-10(15)13-9-4-3-8(12)11(7(9)2)19(16,17)18/h3-4H,5H2,1-2H3,(H,13,15)(H,16,17,18). The third-order valence-corrected chi connectivity index (χ3v) is 3.77. The second-order valence-electron chi connectivity index (χ2n) is 3.95. The zero-order valence-electron chi connectivity index (χ0n) is 10.2. The van der Waals surface area contributed by atoms with Crippen molar-refractivity contribution in [3.8, 4) is 0 Å². The second-order valence-corrected chi connectivity index (χ2v) is 5.72. The first-order chi connectivity index (χ1) is 8.62. The Bertz CT molecular complexity index is 639. The highest BCUT2D eigenvalue weighted by atomic mass is 35.5. The van der Waals surface area contributed by atoms with Gasteiger partial charge in [-0.25, -0.2) is 0 Å². The molecule has 6 nitrogen and oxygen atoms in total. The van der Waals surface area contributed by atoms with E-state index in [-0.39, 0.29) is 28.5 Å². The van der Waals surface area contributed by atoms with Crippen molar-refractivity contribution in [1.29, 1.82) is 0 Å². The summed E-state index contributed by atoms with van der Waals surface area (Å²) in [4.78, 5) is 21.8. The Morgan fingerprint density at radius 1 is 1.37 bits per heavy atom. The van der Waals surface area contributed by atoms with E-state index in [2.05, 4.69) is 5.32 Å². The summed E-state index contributed by atoms with van der Waals surface area (Å²) in [7, 11) is -4.50. The Balaban J connectivity index is 3.19. The Hall–Kier alpha value is -1.44. The molecule has 0 bridgehead atoms. The van der Waals surface area contributed by atoms with E-state index in [1.165, 1.54) is 26.0 Å². The van der Waals surface area contributed by atoms with Crippen LogP contribution >= 0.6 is 11.6 Å². The highest BCUT2D eigenvalue weighted by Gasteiger charge is 2.20. The van der Waals surface area contributed by atoms with Gasteiger partial charge >= 0.3 is 0 Å². The van der Waals surface area contributed by atoms with Crippen molar-refractivity contribution in [2.45, 2.75) is 25.2 Å². The molecule has 0 aliphatic heterocycles. The Kier molecular flexibility index (Phi) is 4.67. The Labute approximate surface area is 115 Å². The van der Waals surface area contributed by atoms with Gasteiger partial charge in [-0.15, -0.1) is 0 Å². The molecule has 0 aliphatic rings. The fraction of sp³-hybridized carbons (Fsp3) is 0.273. The van der Waals surface area contributed by atoms with Gasteiger partial charge in [0.1, 0.15) is 10.7 Å². The Morgan fingerprint density at radius 3 is 2.42 bits per heavy atom. The molecule has 1 rings (SSSR count). The number of rotatable bonds is 4.